The van der Waals surface area contributed by atoms with Gasteiger partial charge in [0.25, 0.3) is 0 Å². The Balaban J connectivity index is 1.62. The Morgan fingerprint density at radius 2 is 1.74 bits per heavy atom. The average Bonchev–Trinajstić information content (AvgIpc) is 3.10. The van der Waals surface area contributed by atoms with Crippen LogP contribution in [0.25, 0.3) is 0 Å². The van der Waals surface area contributed by atoms with E-state index in [0.717, 1.165) is 32.1 Å². The van der Waals surface area contributed by atoms with E-state index in [1.807, 2.05) is 12.2 Å². The fraction of sp³-hybridized carbons (Fsp3) is 0.714. The number of fused-ring (bicyclic) bond motifs is 2. The summed E-state index contributed by atoms with van der Waals surface area (Å²) in [6.45, 7) is 0. The monoisotopic (exact) mass is 265 g/mol. The minimum Gasteiger partial charge on any atom is -0.481 e. The number of nitrogens with one attached hydrogen (secondary N) is 1. The number of hydrogen-bond acceptors (Lipinski definition) is 3. The number of hydrogen-bond donors (Lipinski definition) is 2. The second kappa shape index (κ2) is 4.96. The second-order valence-electron chi connectivity index (χ2n) is 5.83. The van der Waals surface area contributed by atoms with Crippen molar-refractivity contribution < 1.29 is 19.5 Å². The largest absolute Gasteiger partial charge is 0.481 e. The summed E-state index contributed by atoms with van der Waals surface area (Å²) in [5.41, 5.74) is 2.50. The number of rotatable bonds is 4. The van der Waals surface area contributed by atoms with E-state index in [1.54, 1.807) is 0 Å². The van der Waals surface area contributed by atoms with Crippen molar-refractivity contribution in [3.63, 3.8) is 0 Å². The van der Waals surface area contributed by atoms with E-state index in [-0.39, 0.29) is 23.8 Å². The van der Waals surface area contributed by atoms with Crippen LogP contribution in [-0.4, -0.2) is 23.1 Å². The summed E-state index contributed by atoms with van der Waals surface area (Å²) < 4.78 is 0. The zero-order valence-corrected chi connectivity index (χ0v) is 10.7. The molecule has 3 aliphatic carbocycles. The van der Waals surface area contributed by atoms with Gasteiger partial charge in [0.15, 0.2) is 0 Å². The minimum atomic E-state index is -0.877. The molecule has 0 aromatic heterocycles. The van der Waals surface area contributed by atoms with E-state index in [0.29, 0.717) is 0 Å². The molecule has 0 aliphatic heterocycles. The maximum atomic E-state index is 12.2. The summed E-state index contributed by atoms with van der Waals surface area (Å²) in [5, 5.41) is 9.28. The van der Waals surface area contributed by atoms with Crippen molar-refractivity contribution in [3.05, 3.63) is 12.2 Å². The number of carbonyl (C=O) groups is 2. The molecule has 0 spiro atoms. The van der Waals surface area contributed by atoms with Crippen molar-refractivity contribution in [1.29, 1.82) is 0 Å². The van der Waals surface area contributed by atoms with E-state index < -0.39 is 17.8 Å². The van der Waals surface area contributed by atoms with Gasteiger partial charge >= 0.3 is 5.97 Å². The van der Waals surface area contributed by atoms with Crippen LogP contribution in [0.2, 0.25) is 0 Å². The van der Waals surface area contributed by atoms with Gasteiger partial charge in [-0.25, -0.2) is 5.48 Å². The Bertz CT molecular complexity index is 414. The van der Waals surface area contributed by atoms with Gasteiger partial charge in [0.2, 0.25) is 5.91 Å². The highest BCUT2D eigenvalue weighted by atomic mass is 16.7. The Morgan fingerprint density at radius 3 is 2.37 bits per heavy atom. The number of carbonyl (C=O) groups excluding carboxylic acids is 1. The number of allylic oxidation sites excluding steroid dienone is 2. The third-order valence-electron chi connectivity index (χ3n) is 4.68. The molecule has 0 radical (unpaired) electrons. The van der Waals surface area contributed by atoms with Gasteiger partial charge in [-0.15, -0.1) is 0 Å². The van der Waals surface area contributed by atoms with Crippen LogP contribution in [-0.2, 0) is 14.4 Å². The normalized spacial score (nSPS) is 36.8. The Labute approximate surface area is 112 Å². The van der Waals surface area contributed by atoms with Crippen molar-refractivity contribution >= 4 is 11.9 Å². The minimum absolute atomic E-state index is 0.00438. The predicted molar refractivity (Wildman–Crippen MR) is 66.8 cm³/mol. The average molecular weight is 265 g/mol. The fourth-order valence-corrected chi connectivity index (χ4v) is 3.73. The number of aliphatic carboxylic acids is 1. The molecule has 5 nitrogen and oxygen atoms in total. The molecule has 3 rings (SSSR count). The van der Waals surface area contributed by atoms with Crippen molar-refractivity contribution in [3.8, 4) is 0 Å². The first-order chi connectivity index (χ1) is 9.16. The summed E-state index contributed by atoms with van der Waals surface area (Å²) >= 11 is 0. The van der Waals surface area contributed by atoms with Crippen molar-refractivity contribution in [2.24, 2.45) is 23.7 Å². The topological polar surface area (TPSA) is 75.6 Å². The molecule has 0 heterocycles. The molecule has 1 amide bonds. The lowest BCUT2D eigenvalue weighted by Gasteiger charge is -2.24. The molecular formula is C14H19NO4. The lowest BCUT2D eigenvalue weighted by molar-refractivity contribution is -0.153. The maximum Gasteiger partial charge on any atom is 0.307 e. The molecule has 4 unspecified atom stereocenters. The molecule has 2 saturated carbocycles. The molecule has 2 bridgehead atoms. The first kappa shape index (κ1) is 12.7. The van der Waals surface area contributed by atoms with Crippen LogP contribution >= 0.6 is 0 Å². The number of amides is 1. The molecule has 2 fully saturated rings. The smallest absolute Gasteiger partial charge is 0.307 e. The van der Waals surface area contributed by atoms with Gasteiger partial charge in [0, 0.05) is 0 Å². The van der Waals surface area contributed by atoms with Crippen molar-refractivity contribution in [2.45, 2.75) is 38.2 Å². The quantitative estimate of drug-likeness (QED) is 0.596. The van der Waals surface area contributed by atoms with Gasteiger partial charge < -0.3 is 5.11 Å². The molecule has 0 saturated heterocycles. The molecule has 5 heteroatoms. The molecule has 4 atom stereocenters. The third-order valence-corrected chi connectivity index (χ3v) is 4.68. The Morgan fingerprint density at radius 1 is 1.11 bits per heavy atom. The Kier molecular flexibility index (Phi) is 3.31. The highest BCUT2D eigenvalue weighted by Gasteiger charge is 2.51. The first-order valence-corrected chi connectivity index (χ1v) is 7.03. The number of hydroxylamine groups is 1. The van der Waals surface area contributed by atoms with Gasteiger partial charge in [-0.2, -0.15) is 0 Å². The summed E-state index contributed by atoms with van der Waals surface area (Å²) in [6, 6.07) is 0. The standard InChI is InChI=1S/C14H19NO4/c16-13(15-19-10-3-1-2-4-10)11-8-5-6-9(7-8)12(11)14(17)18/h5-6,8-12H,1-4,7H2,(H,15,16)(H,17,18). The molecule has 2 N–H and O–H groups in total. The van der Waals surface area contributed by atoms with Crippen molar-refractivity contribution in [1.82, 2.24) is 5.48 Å². The zero-order valence-electron chi connectivity index (χ0n) is 10.7. The van der Waals surface area contributed by atoms with Crippen LogP contribution in [0.4, 0.5) is 0 Å². The van der Waals surface area contributed by atoms with Gasteiger partial charge in [0.1, 0.15) is 0 Å². The van der Waals surface area contributed by atoms with Crippen LogP contribution in [0, 0.1) is 23.7 Å². The summed E-state index contributed by atoms with van der Waals surface area (Å²) in [6.07, 6.45) is 9.00. The second-order valence-corrected chi connectivity index (χ2v) is 5.83. The predicted octanol–water partition coefficient (Wildman–Crippen LogP) is 1.50. The van der Waals surface area contributed by atoms with Crippen LogP contribution < -0.4 is 5.48 Å². The SMILES string of the molecule is O=C(O)C1C2C=CC(C2)C1C(=O)NOC1CCCC1. The highest BCUT2D eigenvalue weighted by Crippen LogP contribution is 2.48. The maximum absolute atomic E-state index is 12.2. The highest BCUT2D eigenvalue weighted by molar-refractivity contribution is 5.86. The summed E-state index contributed by atoms with van der Waals surface area (Å²) in [7, 11) is 0. The van der Waals surface area contributed by atoms with E-state index in [4.69, 9.17) is 4.84 Å². The molecule has 0 aromatic rings. The summed E-state index contributed by atoms with van der Waals surface area (Å²) in [4.78, 5) is 28.9. The van der Waals surface area contributed by atoms with Gasteiger partial charge in [-0.05, 0) is 31.1 Å². The molecule has 19 heavy (non-hydrogen) atoms. The number of carboxylic acids is 1. The van der Waals surface area contributed by atoms with E-state index >= 15 is 0 Å². The lowest BCUT2D eigenvalue weighted by Crippen LogP contribution is -2.41. The lowest BCUT2D eigenvalue weighted by atomic mass is 9.82. The zero-order chi connectivity index (χ0) is 13.4. The molecule has 104 valence electrons. The molecule has 3 aliphatic rings. The Hall–Kier alpha value is -1.36. The first-order valence-electron chi connectivity index (χ1n) is 7.03. The molecule has 0 aromatic carbocycles. The molecular weight excluding hydrogens is 246 g/mol. The van der Waals surface area contributed by atoms with Crippen LogP contribution in [0.3, 0.4) is 0 Å². The van der Waals surface area contributed by atoms with Crippen LogP contribution in [0.15, 0.2) is 12.2 Å². The van der Waals surface area contributed by atoms with E-state index in [9.17, 15) is 14.7 Å². The van der Waals surface area contributed by atoms with Gasteiger partial charge in [0.05, 0.1) is 17.9 Å². The van der Waals surface area contributed by atoms with Gasteiger partial charge in [-0.1, -0.05) is 25.0 Å². The fourth-order valence-electron chi connectivity index (χ4n) is 3.73. The third kappa shape index (κ3) is 2.27. The van der Waals surface area contributed by atoms with Crippen LogP contribution in [0.5, 0.6) is 0 Å². The van der Waals surface area contributed by atoms with Crippen molar-refractivity contribution in [2.75, 3.05) is 0 Å². The van der Waals surface area contributed by atoms with E-state index in [1.165, 1.54) is 0 Å². The van der Waals surface area contributed by atoms with Crippen LogP contribution in [0.1, 0.15) is 32.1 Å². The van der Waals surface area contributed by atoms with E-state index in [2.05, 4.69) is 5.48 Å². The number of carboxylic acid groups (broad SMARTS) is 1. The van der Waals surface area contributed by atoms with Gasteiger partial charge in [-0.3, -0.25) is 14.4 Å². The summed E-state index contributed by atoms with van der Waals surface area (Å²) in [5.74, 6) is -2.16.